The zero-order valence-corrected chi connectivity index (χ0v) is 10.3. The van der Waals surface area contributed by atoms with Crippen LogP contribution >= 0.6 is 0 Å². The van der Waals surface area contributed by atoms with Crippen LogP contribution in [0.3, 0.4) is 0 Å². The van der Waals surface area contributed by atoms with E-state index in [2.05, 4.69) is 6.34 Å². The molecular formula is C15H14N2O2. The van der Waals surface area contributed by atoms with Gasteiger partial charge in [-0.1, -0.05) is 36.4 Å². The summed E-state index contributed by atoms with van der Waals surface area (Å²) in [5.74, 6) is 0.461. The third kappa shape index (κ3) is 2.12. The highest BCUT2D eigenvalue weighted by Gasteiger charge is 2.18. The Hall–Kier alpha value is -2.49. The van der Waals surface area contributed by atoms with Gasteiger partial charge in [0.2, 0.25) is 6.34 Å². The lowest BCUT2D eigenvalue weighted by Crippen LogP contribution is -2.17. The Labute approximate surface area is 111 Å². The number of nitrogens with zero attached hydrogens (tertiary/aromatic N) is 2. The molecule has 0 saturated carbocycles. The van der Waals surface area contributed by atoms with Crippen molar-refractivity contribution in [2.24, 2.45) is 0 Å². The van der Waals surface area contributed by atoms with Crippen molar-refractivity contribution in [3.63, 3.8) is 0 Å². The second-order valence-corrected chi connectivity index (χ2v) is 4.38. The van der Waals surface area contributed by atoms with Gasteiger partial charge < -0.3 is 19.7 Å². The second-order valence-electron chi connectivity index (χ2n) is 4.38. The van der Waals surface area contributed by atoms with E-state index in [1.807, 2.05) is 33.7 Å². The van der Waals surface area contributed by atoms with Crippen molar-refractivity contribution >= 4 is 17.7 Å². The monoisotopic (exact) mass is 254 g/mol. The average Bonchev–Trinajstić information content (AvgIpc) is 2.89. The van der Waals surface area contributed by atoms with Crippen LogP contribution in [0.2, 0.25) is 0 Å². The molecule has 1 aliphatic heterocycles. The van der Waals surface area contributed by atoms with Gasteiger partial charge in [0.15, 0.2) is 0 Å². The van der Waals surface area contributed by atoms with Crippen molar-refractivity contribution < 1.29 is 14.8 Å². The van der Waals surface area contributed by atoms with Crippen LogP contribution in [0.5, 0.6) is 11.5 Å². The highest BCUT2D eigenvalue weighted by atomic mass is 16.3. The standard InChI is InChI=1S/C15H14N2O2/c18-14-7-3-1-5-12(14)16-9-10-17(11-16)13-6-2-4-8-15(13)19/h1-8,18-19H,9-10H2. The fraction of sp³-hybridized carbons (Fsp3) is 0.133. The Morgan fingerprint density at radius 3 is 2.37 bits per heavy atom. The zero-order valence-electron chi connectivity index (χ0n) is 10.3. The lowest BCUT2D eigenvalue weighted by atomic mass is 10.3. The molecule has 0 radical (unpaired) electrons. The summed E-state index contributed by atoms with van der Waals surface area (Å²) in [7, 11) is 0. The third-order valence-corrected chi connectivity index (χ3v) is 3.13. The fourth-order valence-corrected chi connectivity index (χ4v) is 2.18. The molecule has 3 rings (SSSR count). The van der Waals surface area contributed by atoms with Crippen LogP contribution in [0.15, 0.2) is 48.5 Å². The van der Waals surface area contributed by atoms with Gasteiger partial charge in [0.05, 0.1) is 11.4 Å². The summed E-state index contributed by atoms with van der Waals surface area (Å²) in [6, 6.07) is 14.3. The van der Waals surface area contributed by atoms with Gasteiger partial charge >= 0.3 is 0 Å². The van der Waals surface area contributed by atoms with Crippen molar-refractivity contribution in [2.75, 3.05) is 18.0 Å². The fourth-order valence-electron chi connectivity index (χ4n) is 2.18. The molecule has 1 heterocycles. The average molecular weight is 254 g/mol. The lowest BCUT2D eigenvalue weighted by molar-refractivity contribution is -0.424. The van der Waals surface area contributed by atoms with Gasteiger partial charge in [0.25, 0.3) is 0 Å². The molecule has 0 saturated heterocycles. The number of benzene rings is 2. The van der Waals surface area contributed by atoms with E-state index < -0.39 is 0 Å². The van der Waals surface area contributed by atoms with E-state index in [9.17, 15) is 10.2 Å². The molecule has 2 aromatic carbocycles. The third-order valence-electron chi connectivity index (χ3n) is 3.13. The first-order chi connectivity index (χ1) is 9.25. The van der Waals surface area contributed by atoms with E-state index in [0.717, 1.165) is 11.4 Å². The smallest absolute Gasteiger partial charge is 0.206 e. The summed E-state index contributed by atoms with van der Waals surface area (Å²) >= 11 is 0. The molecule has 0 spiro atoms. The molecular weight excluding hydrogens is 240 g/mol. The zero-order chi connectivity index (χ0) is 13.2. The lowest BCUT2D eigenvalue weighted by Gasteiger charge is -2.14. The molecule has 0 unspecified atom stereocenters. The molecule has 0 bridgehead atoms. The molecule has 2 aromatic rings. The first-order valence-electron chi connectivity index (χ1n) is 6.13. The Kier molecular flexibility index (Phi) is 2.83. The van der Waals surface area contributed by atoms with Crippen molar-refractivity contribution in [2.45, 2.75) is 0 Å². The molecule has 0 amide bonds. The predicted molar refractivity (Wildman–Crippen MR) is 73.4 cm³/mol. The number of phenols is 2. The molecule has 0 fully saturated rings. The van der Waals surface area contributed by atoms with Crippen molar-refractivity contribution in [3.8, 4) is 11.5 Å². The molecule has 0 aliphatic carbocycles. The van der Waals surface area contributed by atoms with Gasteiger partial charge in [-0.3, -0.25) is 0 Å². The van der Waals surface area contributed by atoms with E-state index in [1.165, 1.54) is 0 Å². The second kappa shape index (κ2) is 4.65. The normalized spacial score (nSPS) is 14.5. The minimum atomic E-state index is 0.231. The SMILES string of the molecule is Oc1ccccc1N1[C-]=[N+](c2ccccc2O)CC1. The van der Waals surface area contributed by atoms with Gasteiger partial charge in [-0.05, 0) is 12.1 Å². The highest BCUT2D eigenvalue weighted by molar-refractivity contribution is 5.81. The summed E-state index contributed by atoms with van der Waals surface area (Å²) in [6.45, 7) is 1.43. The first-order valence-corrected chi connectivity index (χ1v) is 6.13. The maximum Gasteiger partial charge on any atom is 0.206 e. The minimum absolute atomic E-state index is 0.231. The summed E-state index contributed by atoms with van der Waals surface area (Å²) in [5.41, 5.74) is 1.45. The van der Waals surface area contributed by atoms with E-state index in [-0.39, 0.29) is 11.5 Å². The summed E-state index contributed by atoms with van der Waals surface area (Å²) in [5, 5.41) is 19.7. The van der Waals surface area contributed by atoms with Crippen LogP contribution in [0, 0.1) is 0 Å². The number of rotatable bonds is 2. The molecule has 2 N–H and O–H groups in total. The largest absolute Gasteiger partial charge is 0.517 e. The van der Waals surface area contributed by atoms with E-state index in [0.29, 0.717) is 13.1 Å². The van der Waals surface area contributed by atoms with Gasteiger partial charge in [-0.25, -0.2) is 0 Å². The van der Waals surface area contributed by atoms with Crippen LogP contribution < -0.4 is 4.90 Å². The van der Waals surface area contributed by atoms with Crippen molar-refractivity contribution in [1.82, 2.24) is 0 Å². The molecule has 96 valence electrons. The van der Waals surface area contributed by atoms with Crippen LogP contribution in [0.1, 0.15) is 0 Å². The van der Waals surface area contributed by atoms with E-state index >= 15 is 0 Å². The first kappa shape index (κ1) is 11.6. The molecule has 0 atom stereocenters. The van der Waals surface area contributed by atoms with Crippen molar-refractivity contribution in [3.05, 3.63) is 48.5 Å². The molecule has 0 aromatic heterocycles. The number of anilines is 1. The number of hydrogen-bond acceptors (Lipinski definition) is 3. The number of aromatic hydroxyl groups is 2. The Bertz CT molecular complexity index is 638. The molecule has 4 heteroatoms. The van der Waals surface area contributed by atoms with Crippen LogP contribution in [0.4, 0.5) is 11.4 Å². The summed E-state index contributed by atoms with van der Waals surface area (Å²) < 4.78 is 1.85. The Balaban J connectivity index is 1.94. The molecule has 1 aliphatic rings. The van der Waals surface area contributed by atoms with Gasteiger partial charge in [-0.2, -0.15) is 0 Å². The number of hydrogen-bond donors (Lipinski definition) is 2. The summed E-state index contributed by atoms with van der Waals surface area (Å²) in [6.07, 6.45) is 3.15. The van der Waals surface area contributed by atoms with Crippen molar-refractivity contribution in [1.29, 1.82) is 0 Å². The number of phenolic OH excluding ortho intramolecular Hbond substituents is 2. The topological polar surface area (TPSA) is 46.7 Å². The van der Waals surface area contributed by atoms with Crippen LogP contribution in [0.25, 0.3) is 0 Å². The minimum Gasteiger partial charge on any atom is -0.517 e. The van der Waals surface area contributed by atoms with Gasteiger partial charge in [-0.15, -0.1) is 0 Å². The Morgan fingerprint density at radius 2 is 1.63 bits per heavy atom. The van der Waals surface area contributed by atoms with Gasteiger partial charge in [0.1, 0.15) is 24.6 Å². The van der Waals surface area contributed by atoms with Gasteiger partial charge in [0, 0.05) is 0 Å². The maximum absolute atomic E-state index is 9.83. The van der Waals surface area contributed by atoms with Crippen LogP contribution in [-0.2, 0) is 0 Å². The molecule has 19 heavy (non-hydrogen) atoms. The predicted octanol–water partition coefficient (Wildman–Crippen LogP) is 2.17. The molecule has 4 nitrogen and oxygen atoms in total. The van der Waals surface area contributed by atoms with E-state index in [4.69, 9.17) is 0 Å². The Morgan fingerprint density at radius 1 is 0.947 bits per heavy atom. The quantitative estimate of drug-likeness (QED) is 0.638. The maximum atomic E-state index is 9.83. The van der Waals surface area contributed by atoms with E-state index in [1.54, 1.807) is 24.3 Å². The number of para-hydroxylation sites is 4. The van der Waals surface area contributed by atoms with Crippen LogP contribution in [-0.4, -0.2) is 34.2 Å². The highest BCUT2D eigenvalue weighted by Crippen LogP contribution is 2.30. The summed E-state index contributed by atoms with van der Waals surface area (Å²) in [4.78, 5) is 1.85.